The summed E-state index contributed by atoms with van der Waals surface area (Å²) < 4.78 is 170. The molecule has 0 radical (unpaired) electrons. The standard InChI is InChI=1S/C26H10F12O4/c27-23(28,29)11-5-12(24(30,31)32)8-15(7-11)41-21-19(39)17-3-1-2-4-18(17)20(40)22(21)42-16-9-13(25(33,34)35)6-14(10-16)26(36,37)38/h1-10H. The Kier molecular flexibility index (Phi) is 7.32. The van der Waals surface area contributed by atoms with E-state index in [-0.39, 0.29) is 36.4 Å². The second-order valence-corrected chi connectivity index (χ2v) is 8.55. The average molecular weight is 614 g/mol. The molecule has 0 aliphatic heterocycles. The van der Waals surface area contributed by atoms with E-state index >= 15 is 0 Å². The fraction of sp³-hybridized carbons (Fsp3) is 0.154. The van der Waals surface area contributed by atoms with Crippen LogP contribution >= 0.6 is 0 Å². The third kappa shape index (κ3) is 6.21. The van der Waals surface area contributed by atoms with Gasteiger partial charge >= 0.3 is 24.7 Å². The number of rotatable bonds is 4. The molecule has 1 aliphatic carbocycles. The first-order chi connectivity index (χ1) is 19.2. The average Bonchev–Trinajstić information content (AvgIpc) is 2.87. The number of halogens is 12. The maximum Gasteiger partial charge on any atom is 0.416 e. The van der Waals surface area contributed by atoms with Crippen molar-refractivity contribution in [2.75, 3.05) is 0 Å². The van der Waals surface area contributed by atoms with Crippen molar-refractivity contribution in [3.05, 3.63) is 106 Å². The van der Waals surface area contributed by atoms with Gasteiger partial charge < -0.3 is 9.47 Å². The Bertz CT molecular complexity index is 1430. The summed E-state index contributed by atoms with van der Waals surface area (Å²) >= 11 is 0. The maximum atomic E-state index is 13.3. The summed E-state index contributed by atoms with van der Waals surface area (Å²) in [6.45, 7) is 0. The van der Waals surface area contributed by atoms with Crippen LogP contribution in [-0.4, -0.2) is 11.6 Å². The molecule has 42 heavy (non-hydrogen) atoms. The molecule has 0 amide bonds. The summed E-state index contributed by atoms with van der Waals surface area (Å²) in [4.78, 5) is 26.3. The summed E-state index contributed by atoms with van der Waals surface area (Å²) in [5.41, 5.74) is -8.55. The van der Waals surface area contributed by atoms with Crippen molar-refractivity contribution in [3.63, 3.8) is 0 Å². The monoisotopic (exact) mass is 614 g/mol. The van der Waals surface area contributed by atoms with E-state index in [0.717, 1.165) is 12.1 Å². The van der Waals surface area contributed by atoms with Crippen molar-refractivity contribution in [1.82, 2.24) is 0 Å². The molecule has 0 aromatic heterocycles. The maximum absolute atomic E-state index is 13.3. The number of ether oxygens (including phenoxy) is 2. The van der Waals surface area contributed by atoms with Crippen LogP contribution in [0.2, 0.25) is 0 Å². The molecule has 0 heterocycles. The van der Waals surface area contributed by atoms with Crippen molar-refractivity contribution in [2.24, 2.45) is 0 Å². The first-order valence-corrected chi connectivity index (χ1v) is 11.0. The molecule has 222 valence electrons. The minimum Gasteiger partial charge on any atom is -0.449 e. The molecule has 16 heteroatoms. The number of ketones is 2. The van der Waals surface area contributed by atoms with E-state index in [2.05, 4.69) is 0 Å². The van der Waals surface area contributed by atoms with E-state index in [1.807, 2.05) is 0 Å². The molecule has 0 saturated heterocycles. The van der Waals surface area contributed by atoms with Gasteiger partial charge in [-0.3, -0.25) is 9.59 Å². The molecule has 0 bridgehead atoms. The molecule has 0 saturated carbocycles. The number of hydrogen-bond donors (Lipinski definition) is 0. The van der Waals surface area contributed by atoms with Crippen LogP contribution < -0.4 is 9.47 Å². The van der Waals surface area contributed by atoms with Gasteiger partial charge in [-0.25, -0.2) is 0 Å². The number of benzene rings is 3. The van der Waals surface area contributed by atoms with Crippen LogP contribution in [0, 0.1) is 0 Å². The molecular formula is C26H10F12O4. The van der Waals surface area contributed by atoms with E-state index in [9.17, 15) is 62.3 Å². The van der Waals surface area contributed by atoms with Crippen LogP contribution in [0.1, 0.15) is 43.0 Å². The van der Waals surface area contributed by atoms with Gasteiger partial charge in [0.1, 0.15) is 11.5 Å². The van der Waals surface area contributed by atoms with E-state index in [1.54, 1.807) is 0 Å². The smallest absolute Gasteiger partial charge is 0.416 e. The number of carbonyl (C=O) groups excluding carboxylic acids is 2. The predicted molar refractivity (Wildman–Crippen MR) is 116 cm³/mol. The van der Waals surface area contributed by atoms with Gasteiger partial charge in [-0.2, -0.15) is 52.7 Å². The van der Waals surface area contributed by atoms with Gasteiger partial charge in [0.05, 0.1) is 22.3 Å². The van der Waals surface area contributed by atoms with E-state index < -0.39 is 92.7 Å². The quantitative estimate of drug-likeness (QED) is 0.277. The third-order valence-corrected chi connectivity index (χ3v) is 5.60. The lowest BCUT2D eigenvalue weighted by molar-refractivity contribution is -0.144. The molecule has 0 N–H and O–H groups in total. The number of Topliss-reactive ketones (excluding diaryl/α,β-unsaturated/α-hetero) is 2. The summed E-state index contributed by atoms with van der Waals surface area (Å²) in [5.74, 6) is -8.14. The molecule has 0 fully saturated rings. The van der Waals surface area contributed by atoms with Crippen LogP contribution in [-0.2, 0) is 24.7 Å². The summed E-state index contributed by atoms with van der Waals surface area (Å²) in [6, 6.07) is 4.02. The van der Waals surface area contributed by atoms with Crippen molar-refractivity contribution in [2.45, 2.75) is 24.7 Å². The minimum atomic E-state index is -5.36. The van der Waals surface area contributed by atoms with Gasteiger partial charge in [-0.1, -0.05) is 24.3 Å². The Balaban J connectivity index is 1.93. The number of carbonyl (C=O) groups is 2. The highest BCUT2D eigenvalue weighted by Crippen LogP contribution is 2.41. The summed E-state index contributed by atoms with van der Waals surface area (Å²) in [5, 5.41) is 0. The van der Waals surface area contributed by atoms with Gasteiger partial charge in [0.25, 0.3) is 0 Å². The lowest BCUT2D eigenvalue weighted by Crippen LogP contribution is -2.28. The van der Waals surface area contributed by atoms with Gasteiger partial charge in [0, 0.05) is 11.1 Å². The van der Waals surface area contributed by atoms with Crippen molar-refractivity contribution < 1.29 is 71.7 Å². The fourth-order valence-electron chi connectivity index (χ4n) is 3.72. The second kappa shape index (κ2) is 10.1. The Hall–Kier alpha value is -4.50. The molecule has 0 atom stereocenters. The van der Waals surface area contributed by atoms with E-state index in [1.165, 1.54) is 12.1 Å². The zero-order valence-electron chi connectivity index (χ0n) is 19.9. The highest BCUT2D eigenvalue weighted by atomic mass is 19.4. The third-order valence-electron chi connectivity index (χ3n) is 5.60. The second-order valence-electron chi connectivity index (χ2n) is 8.55. The molecule has 3 aromatic rings. The van der Waals surface area contributed by atoms with Crippen molar-refractivity contribution in [1.29, 1.82) is 0 Å². The van der Waals surface area contributed by atoms with Gasteiger partial charge in [0.15, 0.2) is 0 Å². The highest BCUT2D eigenvalue weighted by molar-refractivity contribution is 6.25. The molecule has 0 spiro atoms. The zero-order valence-corrected chi connectivity index (χ0v) is 19.9. The van der Waals surface area contributed by atoms with Crippen LogP contribution in [0.25, 0.3) is 0 Å². The van der Waals surface area contributed by atoms with Crippen molar-refractivity contribution in [3.8, 4) is 11.5 Å². The lowest BCUT2D eigenvalue weighted by atomic mass is 9.92. The number of fused-ring (bicyclic) bond motifs is 1. The topological polar surface area (TPSA) is 52.6 Å². The molecule has 1 aliphatic rings. The Morgan fingerprint density at radius 2 is 0.690 bits per heavy atom. The zero-order chi connectivity index (χ0) is 31.4. The van der Waals surface area contributed by atoms with Gasteiger partial charge in [-0.15, -0.1) is 0 Å². The summed E-state index contributed by atoms with van der Waals surface area (Å²) in [7, 11) is 0. The highest BCUT2D eigenvalue weighted by Gasteiger charge is 2.41. The van der Waals surface area contributed by atoms with Crippen LogP contribution in [0.4, 0.5) is 52.7 Å². The van der Waals surface area contributed by atoms with Crippen LogP contribution in [0.3, 0.4) is 0 Å². The largest absolute Gasteiger partial charge is 0.449 e. The summed E-state index contributed by atoms with van der Waals surface area (Å²) in [6.07, 6.45) is -21.5. The fourth-order valence-corrected chi connectivity index (χ4v) is 3.72. The Labute approximate surface area is 225 Å². The molecule has 4 nitrogen and oxygen atoms in total. The molecular weight excluding hydrogens is 604 g/mol. The molecule has 0 unspecified atom stereocenters. The first-order valence-electron chi connectivity index (χ1n) is 11.0. The number of alkyl halides is 12. The lowest BCUT2D eigenvalue weighted by Gasteiger charge is -2.22. The van der Waals surface area contributed by atoms with E-state index in [0.29, 0.717) is 0 Å². The van der Waals surface area contributed by atoms with E-state index in [4.69, 9.17) is 9.47 Å². The van der Waals surface area contributed by atoms with Crippen LogP contribution in [0.5, 0.6) is 11.5 Å². The van der Waals surface area contributed by atoms with Gasteiger partial charge in [-0.05, 0) is 36.4 Å². The first kappa shape index (κ1) is 30.5. The normalized spacial score (nSPS) is 14.7. The van der Waals surface area contributed by atoms with Crippen LogP contribution in [0.15, 0.2) is 72.2 Å². The van der Waals surface area contributed by atoms with Gasteiger partial charge in [0.2, 0.25) is 23.1 Å². The van der Waals surface area contributed by atoms with Crippen molar-refractivity contribution >= 4 is 11.6 Å². The SMILES string of the molecule is O=C1C(Oc2cc(C(F)(F)F)cc(C(F)(F)F)c2)=C(Oc2cc(C(F)(F)F)cc(C(F)(F)F)c2)C(=O)c2ccccc21. The Morgan fingerprint density at radius 3 is 0.929 bits per heavy atom. The predicted octanol–water partition coefficient (Wildman–Crippen LogP) is 8.51. The minimum absolute atomic E-state index is 0.0319. The molecule has 4 rings (SSSR count). The number of hydrogen-bond acceptors (Lipinski definition) is 4. The molecule has 3 aromatic carbocycles. The number of allylic oxidation sites excluding steroid dienone is 2. The Morgan fingerprint density at radius 1 is 0.429 bits per heavy atom.